The molecule has 0 saturated carbocycles. The van der Waals surface area contributed by atoms with Crippen molar-refractivity contribution in [2.75, 3.05) is 43.8 Å². The molecule has 0 amide bonds. The van der Waals surface area contributed by atoms with Gasteiger partial charge in [-0.1, -0.05) is 66.3 Å². The molecule has 0 fully saturated rings. The van der Waals surface area contributed by atoms with Gasteiger partial charge in [-0.25, -0.2) is 4.98 Å². The standard InChI is InChI=1S/C39H48N10/c1-24-6-10-29(40)33(16-24)41-28(5)20-48(21-37-42-30-11-7-25(2)17-34(30)45-37)14-15-49(22-38-43-31-12-8-26(3)18-35(31)46-38)23-39-44-32-13-9-27(4)19-36(32)47-39/h6-13,16-19,30-31,34-35,41H,5,14-15,20-23,40H2,1-4H3,(H,42,45)(H,43,46)(H,44,47). The number of anilines is 2. The summed E-state index contributed by atoms with van der Waals surface area (Å²) in [5, 5.41) is 10.8. The SMILES string of the molecule is C=C(CN(CCN(CC1=NC2C=CC(C)=CC2N1)Cc1nc2ccc(C)cc2[nH]1)CC1=NC2C=CC(C)=CC2N1)Nc1cc(C)ccc1N. The summed E-state index contributed by atoms with van der Waals surface area (Å²) >= 11 is 0. The second-order valence-electron chi connectivity index (χ2n) is 14.0. The number of rotatable bonds is 13. The molecule has 4 unspecified atom stereocenters. The zero-order chi connectivity index (χ0) is 34.1. The van der Waals surface area contributed by atoms with Gasteiger partial charge in [0, 0.05) is 25.3 Å². The van der Waals surface area contributed by atoms with E-state index in [0.717, 1.165) is 58.6 Å². The van der Waals surface area contributed by atoms with Crippen molar-refractivity contribution in [3.63, 3.8) is 0 Å². The first-order valence-electron chi connectivity index (χ1n) is 17.2. The minimum atomic E-state index is 0.129. The molecule has 2 aliphatic carbocycles. The fourth-order valence-electron chi connectivity index (χ4n) is 6.98. The number of allylic oxidation sites excluding steroid dienone is 4. The number of amidine groups is 2. The van der Waals surface area contributed by atoms with Gasteiger partial charge in [0.1, 0.15) is 17.5 Å². The Morgan fingerprint density at radius 2 is 1.43 bits per heavy atom. The topological polar surface area (TPSA) is 122 Å². The van der Waals surface area contributed by atoms with Gasteiger partial charge in [-0.3, -0.25) is 19.8 Å². The van der Waals surface area contributed by atoms with Gasteiger partial charge in [-0.15, -0.1) is 0 Å². The van der Waals surface area contributed by atoms with Crippen LogP contribution in [0.15, 0.2) is 106 Å². The number of H-pyrrole nitrogens is 1. The van der Waals surface area contributed by atoms with E-state index in [4.69, 9.17) is 20.7 Å². The molecule has 4 aliphatic rings. The number of nitrogens with two attached hydrogens (primary N) is 1. The molecule has 2 aromatic carbocycles. The minimum absolute atomic E-state index is 0.129. The number of hydrogen-bond acceptors (Lipinski definition) is 9. The molecule has 10 nitrogen and oxygen atoms in total. The van der Waals surface area contributed by atoms with Crippen molar-refractivity contribution in [3.05, 3.63) is 113 Å². The summed E-state index contributed by atoms with van der Waals surface area (Å²) in [4.78, 5) is 23.5. The molecular formula is C39H48N10. The Morgan fingerprint density at radius 1 is 0.816 bits per heavy atom. The number of benzene rings is 2. The van der Waals surface area contributed by atoms with Gasteiger partial charge in [0.05, 0.1) is 66.2 Å². The van der Waals surface area contributed by atoms with E-state index in [9.17, 15) is 0 Å². The predicted molar refractivity (Wildman–Crippen MR) is 203 cm³/mol. The maximum absolute atomic E-state index is 6.32. The summed E-state index contributed by atoms with van der Waals surface area (Å²) in [6.07, 6.45) is 13.3. The number of aromatic amines is 1. The number of hydrogen-bond donors (Lipinski definition) is 5. The van der Waals surface area contributed by atoms with Crippen LogP contribution >= 0.6 is 0 Å². The molecule has 0 saturated heterocycles. The Labute approximate surface area is 289 Å². The lowest BCUT2D eigenvalue weighted by Gasteiger charge is -2.28. The third-order valence-corrected chi connectivity index (χ3v) is 9.48. The van der Waals surface area contributed by atoms with E-state index >= 15 is 0 Å². The van der Waals surface area contributed by atoms with Crippen LogP contribution in [0.2, 0.25) is 0 Å². The van der Waals surface area contributed by atoms with Gasteiger partial charge in [-0.05, 0) is 63.1 Å². The number of nitrogens with zero attached hydrogens (tertiary/aromatic N) is 5. The molecule has 3 heterocycles. The number of nitrogen functional groups attached to an aromatic ring is 1. The highest BCUT2D eigenvalue weighted by Crippen LogP contribution is 2.23. The summed E-state index contributed by atoms with van der Waals surface area (Å²) in [6, 6.07) is 13.0. The van der Waals surface area contributed by atoms with Gasteiger partial charge < -0.3 is 26.7 Å². The highest BCUT2D eigenvalue weighted by atomic mass is 15.3. The van der Waals surface area contributed by atoms with Gasteiger partial charge >= 0.3 is 0 Å². The number of fused-ring (bicyclic) bond motifs is 3. The predicted octanol–water partition coefficient (Wildman–Crippen LogP) is 5.00. The molecule has 0 radical (unpaired) electrons. The van der Waals surface area contributed by atoms with Crippen LogP contribution in [0.1, 0.15) is 30.8 Å². The van der Waals surface area contributed by atoms with Crippen molar-refractivity contribution in [1.82, 2.24) is 30.4 Å². The maximum atomic E-state index is 6.32. The fraction of sp³-hybridized carbons (Fsp3) is 0.359. The van der Waals surface area contributed by atoms with E-state index in [1.54, 1.807) is 0 Å². The van der Waals surface area contributed by atoms with Crippen molar-refractivity contribution < 1.29 is 0 Å². The third kappa shape index (κ3) is 7.87. The number of aromatic nitrogens is 2. The van der Waals surface area contributed by atoms with Crippen LogP contribution in [0.3, 0.4) is 0 Å². The lowest BCUT2D eigenvalue weighted by molar-refractivity contribution is 0.235. The average Bonchev–Trinajstić information content (AvgIpc) is 3.76. The third-order valence-electron chi connectivity index (χ3n) is 9.48. The lowest BCUT2D eigenvalue weighted by Crippen LogP contribution is -2.45. The minimum Gasteiger partial charge on any atom is -0.397 e. The van der Waals surface area contributed by atoms with Crippen LogP contribution in [0.5, 0.6) is 0 Å². The Morgan fingerprint density at radius 3 is 2.12 bits per heavy atom. The van der Waals surface area contributed by atoms with Gasteiger partial charge in [0.15, 0.2) is 0 Å². The second kappa shape index (κ2) is 13.9. The molecule has 10 heteroatoms. The molecule has 7 rings (SSSR count). The molecule has 49 heavy (non-hydrogen) atoms. The highest BCUT2D eigenvalue weighted by molar-refractivity contribution is 5.88. The largest absolute Gasteiger partial charge is 0.397 e. The first kappa shape index (κ1) is 32.6. The number of nitrogens with one attached hydrogen (secondary N) is 4. The van der Waals surface area contributed by atoms with Crippen LogP contribution in [0, 0.1) is 13.8 Å². The molecule has 254 valence electrons. The second-order valence-corrected chi connectivity index (χ2v) is 14.0. The average molecular weight is 657 g/mol. The molecule has 6 N–H and O–H groups in total. The van der Waals surface area contributed by atoms with Crippen molar-refractivity contribution >= 4 is 34.1 Å². The summed E-state index contributed by atoms with van der Waals surface area (Å²) < 4.78 is 0. The lowest BCUT2D eigenvalue weighted by atomic mass is 10.0. The van der Waals surface area contributed by atoms with Crippen LogP contribution in [0.4, 0.5) is 11.4 Å². The maximum Gasteiger partial charge on any atom is 0.121 e. The van der Waals surface area contributed by atoms with Crippen molar-refractivity contribution in [3.8, 4) is 0 Å². The zero-order valence-electron chi connectivity index (χ0n) is 29.0. The Bertz CT molecular complexity index is 1920. The molecule has 3 aromatic rings. The summed E-state index contributed by atoms with van der Waals surface area (Å²) in [6.45, 7) is 17.1. The Hall–Kier alpha value is -4.93. The van der Waals surface area contributed by atoms with Crippen molar-refractivity contribution in [1.29, 1.82) is 0 Å². The van der Waals surface area contributed by atoms with Crippen LogP contribution in [-0.2, 0) is 6.54 Å². The van der Waals surface area contributed by atoms with E-state index in [-0.39, 0.29) is 24.2 Å². The highest BCUT2D eigenvalue weighted by Gasteiger charge is 2.30. The van der Waals surface area contributed by atoms with E-state index in [1.165, 1.54) is 16.7 Å². The Kier molecular flexibility index (Phi) is 9.25. The molecule has 1 aromatic heterocycles. The van der Waals surface area contributed by atoms with Gasteiger partial charge in [0.25, 0.3) is 0 Å². The smallest absolute Gasteiger partial charge is 0.121 e. The summed E-state index contributed by atoms with van der Waals surface area (Å²) in [5.74, 6) is 2.94. The Balaban J connectivity index is 1.10. The summed E-state index contributed by atoms with van der Waals surface area (Å²) in [5.41, 5.74) is 15.7. The van der Waals surface area contributed by atoms with Crippen molar-refractivity contribution in [2.45, 2.75) is 58.4 Å². The first-order valence-corrected chi connectivity index (χ1v) is 17.2. The van der Waals surface area contributed by atoms with E-state index in [2.05, 4.69) is 126 Å². The molecule has 4 atom stereocenters. The van der Waals surface area contributed by atoms with Crippen LogP contribution in [0.25, 0.3) is 11.0 Å². The summed E-state index contributed by atoms with van der Waals surface area (Å²) in [7, 11) is 0. The van der Waals surface area contributed by atoms with Crippen LogP contribution in [-0.4, -0.2) is 88.3 Å². The fourth-order valence-corrected chi connectivity index (χ4v) is 6.98. The molecular weight excluding hydrogens is 608 g/mol. The van der Waals surface area contributed by atoms with Crippen LogP contribution < -0.4 is 21.7 Å². The van der Waals surface area contributed by atoms with E-state index in [1.807, 2.05) is 12.1 Å². The molecule has 0 bridgehead atoms. The molecule has 0 spiro atoms. The molecule has 2 aliphatic heterocycles. The monoisotopic (exact) mass is 656 g/mol. The van der Waals surface area contributed by atoms with E-state index in [0.29, 0.717) is 31.9 Å². The quantitative estimate of drug-likeness (QED) is 0.164. The normalized spacial score (nSPS) is 22.3. The van der Waals surface area contributed by atoms with E-state index < -0.39 is 0 Å². The number of aryl methyl sites for hydroxylation is 2. The van der Waals surface area contributed by atoms with Crippen molar-refractivity contribution in [2.24, 2.45) is 9.98 Å². The van der Waals surface area contributed by atoms with Gasteiger partial charge in [0.2, 0.25) is 0 Å². The number of aliphatic imine (C=N–C) groups is 2. The zero-order valence-corrected chi connectivity index (χ0v) is 29.0. The first-order chi connectivity index (χ1) is 23.6. The number of imidazole rings is 1. The van der Waals surface area contributed by atoms with Gasteiger partial charge in [-0.2, -0.15) is 0 Å².